The molecule has 1 unspecified atom stereocenters. The summed E-state index contributed by atoms with van der Waals surface area (Å²) in [5.74, 6) is 0. The second kappa shape index (κ2) is 8.28. The number of nitrogens with zero attached hydrogens (tertiary/aromatic N) is 4. The maximum absolute atomic E-state index is 12.1. The number of urea groups is 1. The lowest BCUT2D eigenvalue weighted by atomic mass is 10.1. The molecule has 1 N–H and O–H groups in total. The van der Waals surface area contributed by atoms with Crippen LogP contribution in [0.15, 0.2) is 36.9 Å². The topological polar surface area (TPSA) is 72.3 Å². The van der Waals surface area contributed by atoms with E-state index in [1.807, 2.05) is 38.1 Å². The van der Waals surface area contributed by atoms with Crippen LogP contribution in [0.4, 0.5) is 4.79 Å². The Bertz CT molecular complexity index is 597. The highest BCUT2D eigenvalue weighted by Crippen LogP contribution is 2.20. The molecule has 0 aliphatic heterocycles. The van der Waals surface area contributed by atoms with Crippen molar-refractivity contribution in [2.24, 2.45) is 0 Å². The fourth-order valence-corrected chi connectivity index (χ4v) is 2.15. The van der Waals surface area contributed by atoms with Gasteiger partial charge in [0.05, 0.1) is 18.3 Å². The third-order valence-corrected chi connectivity index (χ3v) is 3.69. The second-order valence-electron chi connectivity index (χ2n) is 5.15. The van der Waals surface area contributed by atoms with Crippen molar-refractivity contribution in [3.8, 4) is 5.69 Å². The number of benzene rings is 1. The first-order valence-electron chi connectivity index (χ1n) is 7.66. The van der Waals surface area contributed by atoms with E-state index in [2.05, 4.69) is 15.4 Å². The van der Waals surface area contributed by atoms with Crippen LogP contribution in [0.25, 0.3) is 5.69 Å². The summed E-state index contributed by atoms with van der Waals surface area (Å²) in [4.78, 5) is 17.7. The van der Waals surface area contributed by atoms with E-state index in [0.717, 1.165) is 11.3 Å². The number of carbonyl (C=O) groups excluding carboxylic acids is 1. The highest BCUT2D eigenvalue weighted by atomic mass is 16.5. The van der Waals surface area contributed by atoms with Gasteiger partial charge in [-0.1, -0.05) is 12.1 Å². The van der Waals surface area contributed by atoms with Crippen molar-refractivity contribution >= 4 is 6.03 Å². The fourth-order valence-electron chi connectivity index (χ4n) is 2.15. The van der Waals surface area contributed by atoms with Crippen molar-refractivity contribution in [3.63, 3.8) is 0 Å². The Morgan fingerprint density at radius 1 is 1.39 bits per heavy atom. The van der Waals surface area contributed by atoms with Gasteiger partial charge in [0.2, 0.25) is 0 Å². The number of carbonyl (C=O) groups is 1. The lowest BCUT2D eigenvalue weighted by Gasteiger charge is -2.25. The van der Waals surface area contributed by atoms with Crippen molar-refractivity contribution in [2.75, 3.05) is 26.8 Å². The number of amides is 2. The van der Waals surface area contributed by atoms with E-state index in [9.17, 15) is 4.79 Å². The largest absolute Gasteiger partial charge is 0.380 e. The molecule has 23 heavy (non-hydrogen) atoms. The van der Waals surface area contributed by atoms with Crippen LogP contribution in [-0.4, -0.2) is 52.5 Å². The van der Waals surface area contributed by atoms with Crippen LogP contribution in [0.2, 0.25) is 0 Å². The molecule has 0 radical (unpaired) electrons. The van der Waals surface area contributed by atoms with Crippen LogP contribution >= 0.6 is 0 Å². The van der Waals surface area contributed by atoms with Gasteiger partial charge in [0.25, 0.3) is 0 Å². The summed E-state index contributed by atoms with van der Waals surface area (Å²) in [5.41, 5.74) is 1.98. The van der Waals surface area contributed by atoms with E-state index in [1.165, 1.54) is 6.33 Å². The maximum atomic E-state index is 12.1. The normalized spacial score (nSPS) is 12.0. The summed E-state index contributed by atoms with van der Waals surface area (Å²) in [6.45, 7) is 5.61. The average molecular weight is 317 g/mol. The van der Waals surface area contributed by atoms with Gasteiger partial charge < -0.3 is 15.0 Å². The second-order valence-corrected chi connectivity index (χ2v) is 5.15. The standard InChI is InChI=1S/C16H23N5O2/c1-4-23-10-9-18-16(22)20(3)13(2)14-5-7-15(8-6-14)21-12-17-11-19-21/h5-8,11-13H,4,9-10H2,1-3H3,(H,18,22). The van der Waals surface area contributed by atoms with Crippen LogP contribution in [-0.2, 0) is 4.74 Å². The lowest BCUT2D eigenvalue weighted by Crippen LogP contribution is -2.40. The molecule has 0 saturated carbocycles. The first-order valence-corrected chi connectivity index (χ1v) is 7.66. The molecule has 2 rings (SSSR count). The van der Waals surface area contributed by atoms with Crippen LogP contribution in [0, 0.1) is 0 Å². The predicted molar refractivity (Wildman–Crippen MR) is 87.4 cm³/mol. The van der Waals surface area contributed by atoms with E-state index in [0.29, 0.717) is 19.8 Å². The molecule has 7 nitrogen and oxygen atoms in total. The Kier molecular flexibility index (Phi) is 6.10. The van der Waals surface area contributed by atoms with Gasteiger partial charge in [-0.2, -0.15) is 5.10 Å². The Balaban J connectivity index is 1.93. The van der Waals surface area contributed by atoms with Gasteiger partial charge in [-0.15, -0.1) is 0 Å². The van der Waals surface area contributed by atoms with E-state index < -0.39 is 0 Å². The molecular weight excluding hydrogens is 294 g/mol. The van der Waals surface area contributed by atoms with Gasteiger partial charge in [0.15, 0.2) is 0 Å². The molecule has 1 aromatic carbocycles. The highest BCUT2D eigenvalue weighted by molar-refractivity contribution is 5.74. The molecule has 2 aromatic rings. The molecule has 124 valence electrons. The molecule has 0 bridgehead atoms. The summed E-state index contributed by atoms with van der Waals surface area (Å²) < 4.78 is 6.90. The van der Waals surface area contributed by atoms with E-state index in [1.54, 1.807) is 23.0 Å². The minimum absolute atomic E-state index is 0.0353. The Hall–Kier alpha value is -2.41. The molecule has 1 heterocycles. The van der Waals surface area contributed by atoms with Gasteiger partial charge in [0.1, 0.15) is 12.7 Å². The van der Waals surface area contributed by atoms with Crippen molar-refractivity contribution in [3.05, 3.63) is 42.5 Å². The first-order chi connectivity index (χ1) is 11.1. The smallest absolute Gasteiger partial charge is 0.317 e. The third kappa shape index (κ3) is 4.53. The molecule has 7 heteroatoms. The van der Waals surface area contributed by atoms with Gasteiger partial charge in [-0.3, -0.25) is 0 Å². The zero-order chi connectivity index (χ0) is 16.7. The van der Waals surface area contributed by atoms with Crippen molar-refractivity contribution < 1.29 is 9.53 Å². The summed E-state index contributed by atoms with van der Waals surface area (Å²) in [7, 11) is 1.78. The SMILES string of the molecule is CCOCCNC(=O)N(C)C(C)c1ccc(-n2cncn2)cc1. The minimum Gasteiger partial charge on any atom is -0.380 e. The molecule has 2 amide bonds. The van der Waals surface area contributed by atoms with Gasteiger partial charge in [0, 0.05) is 20.2 Å². The molecule has 1 aromatic heterocycles. The zero-order valence-corrected chi connectivity index (χ0v) is 13.8. The summed E-state index contributed by atoms with van der Waals surface area (Å²) >= 11 is 0. The molecular formula is C16H23N5O2. The van der Waals surface area contributed by atoms with Crippen molar-refractivity contribution in [1.82, 2.24) is 25.0 Å². The van der Waals surface area contributed by atoms with Crippen LogP contribution < -0.4 is 5.32 Å². The van der Waals surface area contributed by atoms with E-state index in [-0.39, 0.29) is 12.1 Å². The minimum atomic E-state index is -0.113. The van der Waals surface area contributed by atoms with Gasteiger partial charge in [-0.25, -0.2) is 14.5 Å². The number of rotatable bonds is 7. The summed E-state index contributed by atoms with van der Waals surface area (Å²) in [5, 5.41) is 6.93. The zero-order valence-electron chi connectivity index (χ0n) is 13.8. The van der Waals surface area contributed by atoms with Crippen molar-refractivity contribution in [2.45, 2.75) is 19.9 Å². The number of ether oxygens (including phenoxy) is 1. The van der Waals surface area contributed by atoms with Crippen LogP contribution in [0.1, 0.15) is 25.5 Å². The highest BCUT2D eigenvalue weighted by Gasteiger charge is 2.17. The number of nitrogens with one attached hydrogen (secondary N) is 1. The molecule has 0 fully saturated rings. The van der Waals surface area contributed by atoms with Gasteiger partial charge >= 0.3 is 6.03 Å². The Morgan fingerprint density at radius 2 is 2.13 bits per heavy atom. The maximum Gasteiger partial charge on any atom is 0.317 e. The van der Waals surface area contributed by atoms with Crippen LogP contribution in [0.5, 0.6) is 0 Å². The van der Waals surface area contributed by atoms with E-state index >= 15 is 0 Å². The average Bonchev–Trinajstić information content (AvgIpc) is 3.12. The molecule has 0 spiro atoms. The first kappa shape index (κ1) is 17.0. The van der Waals surface area contributed by atoms with Gasteiger partial charge in [-0.05, 0) is 31.5 Å². The number of hydrogen-bond acceptors (Lipinski definition) is 4. The molecule has 0 aliphatic rings. The van der Waals surface area contributed by atoms with E-state index in [4.69, 9.17) is 4.74 Å². The molecule has 0 saturated heterocycles. The quantitative estimate of drug-likeness (QED) is 0.793. The summed E-state index contributed by atoms with van der Waals surface area (Å²) in [6.07, 6.45) is 3.15. The molecule has 1 atom stereocenters. The molecule has 0 aliphatic carbocycles. The lowest BCUT2D eigenvalue weighted by molar-refractivity contribution is 0.145. The Labute approximate surface area is 136 Å². The summed E-state index contributed by atoms with van der Waals surface area (Å²) in [6, 6.07) is 7.75. The number of hydrogen-bond donors (Lipinski definition) is 1. The monoisotopic (exact) mass is 317 g/mol. The third-order valence-electron chi connectivity index (χ3n) is 3.69. The number of aromatic nitrogens is 3. The van der Waals surface area contributed by atoms with Crippen LogP contribution in [0.3, 0.4) is 0 Å². The van der Waals surface area contributed by atoms with Crippen molar-refractivity contribution in [1.29, 1.82) is 0 Å². The predicted octanol–water partition coefficient (Wildman–Crippen LogP) is 2.01. The fraction of sp³-hybridized carbons (Fsp3) is 0.438. The Morgan fingerprint density at radius 3 is 2.74 bits per heavy atom.